The predicted octanol–water partition coefficient (Wildman–Crippen LogP) is 2.25. The van der Waals surface area contributed by atoms with Crippen LogP contribution in [-0.4, -0.2) is 25.9 Å². The molecule has 1 saturated carbocycles. The highest BCUT2D eigenvalue weighted by atomic mass is 32.2. The monoisotopic (exact) mass is 313 g/mol. The Morgan fingerprint density at radius 1 is 1.29 bits per heavy atom. The largest absolute Gasteiger partial charge is 0.388 e. The maximum Gasteiger partial charge on any atom is 0.289 e. The number of rotatable bonds is 5. The van der Waals surface area contributed by atoms with Crippen LogP contribution in [0.15, 0.2) is 23.1 Å². The average molecular weight is 313 g/mol. The summed E-state index contributed by atoms with van der Waals surface area (Å²) >= 11 is 0. The summed E-state index contributed by atoms with van der Waals surface area (Å²) in [7, 11) is -2.31. The fourth-order valence-electron chi connectivity index (χ4n) is 2.67. The summed E-state index contributed by atoms with van der Waals surface area (Å²) < 4.78 is 27.7. The zero-order chi connectivity index (χ0) is 15.7. The predicted molar refractivity (Wildman–Crippen MR) is 79.8 cm³/mol. The van der Waals surface area contributed by atoms with Gasteiger partial charge in [-0.3, -0.25) is 10.1 Å². The number of sulfonamides is 1. The summed E-state index contributed by atoms with van der Waals surface area (Å²) in [6, 6.07) is 3.98. The normalized spacial score (nSPS) is 17.6. The van der Waals surface area contributed by atoms with Gasteiger partial charge >= 0.3 is 0 Å². The Labute approximate surface area is 123 Å². The molecular formula is C13H19N3O4S. The molecule has 1 aromatic rings. The Kier molecular flexibility index (Phi) is 4.20. The van der Waals surface area contributed by atoms with Crippen molar-refractivity contribution in [1.82, 2.24) is 4.72 Å². The summed E-state index contributed by atoms with van der Waals surface area (Å²) in [4.78, 5) is 10.1. The van der Waals surface area contributed by atoms with E-state index in [-0.39, 0.29) is 4.90 Å². The smallest absolute Gasteiger partial charge is 0.289 e. The van der Waals surface area contributed by atoms with Crippen LogP contribution in [0.2, 0.25) is 0 Å². The molecule has 0 aliphatic heterocycles. The SMILES string of the molecule is CNc1ccc([N+](=O)[O-])c(S(=O)(=O)NC2(C)CCCC2)c1. The summed E-state index contributed by atoms with van der Waals surface area (Å²) in [6.45, 7) is 1.84. The number of nitrogens with zero attached hydrogens (tertiary/aromatic N) is 1. The molecule has 1 aliphatic carbocycles. The Morgan fingerprint density at radius 3 is 2.43 bits per heavy atom. The van der Waals surface area contributed by atoms with Gasteiger partial charge in [-0.2, -0.15) is 0 Å². The van der Waals surface area contributed by atoms with Gasteiger partial charge < -0.3 is 5.32 Å². The number of hydrogen-bond donors (Lipinski definition) is 2. The van der Waals surface area contributed by atoms with Gasteiger partial charge in [0.15, 0.2) is 4.90 Å². The third kappa shape index (κ3) is 3.33. The third-order valence-electron chi connectivity index (χ3n) is 3.82. The van der Waals surface area contributed by atoms with Crippen molar-refractivity contribution in [3.05, 3.63) is 28.3 Å². The van der Waals surface area contributed by atoms with Gasteiger partial charge in [0.25, 0.3) is 5.69 Å². The Balaban J connectivity index is 2.45. The van der Waals surface area contributed by atoms with Crippen LogP contribution in [0.25, 0.3) is 0 Å². The van der Waals surface area contributed by atoms with Gasteiger partial charge in [0.05, 0.1) is 4.92 Å². The van der Waals surface area contributed by atoms with Gasteiger partial charge in [-0.05, 0) is 31.9 Å². The molecule has 21 heavy (non-hydrogen) atoms. The van der Waals surface area contributed by atoms with Crippen LogP contribution in [0, 0.1) is 10.1 Å². The highest BCUT2D eigenvalue weighted by Gasteiger charge is 2.36. The van der Waals surface area contributed by atoms with E-state index in [0.29, 0.717) is 5.69 Å². The van der Waals surface area contributed by atoms with Crippen LogP contribution in [0.4, 0.5) is 11.4 Å². The second-order valence-electron chi connectivity index (χ2n) is 5.56. The molecule has 0 unspecified atom stereocenters. The number of anilines is 1. The van der Waals surface area contributed by atoms with E-state index < -0.39 is 26.2 Å². The van der Waals surface area contributed by atoms with Crippen LogP contribution in [0.3, 0.4) is 0 Å². The fourth-order valence-corrected chi connectivity index (χ4v) is 4.34. The maximum absolute atomic E-state index is 12.5. The van der Waals surface area contributed by atoms with Crippen molar-refractivity contribution in [3.8, 4) is 0 Å². The van der Waals surface area contributed by atoms with Gasteiger partial charge in [0.2, 0.25) is 10.0 Å². The molecule has 2 N–H and O–H groups in total. The van der Waals surface area contributed by atoms with E-state index in [1.165, 1.54) is 18.2 Å². The minimum Gasteiger partial charge on any atom is -0.388 e. The van der Waals surface area contributed by atoms with Crippen molar-refractivity contribution in [2.75, 3.05) is 12.4 Å². The Hall–Kier alpha value is -1.67. The first-order valence-electron chi connectivity index (χ1n) is 6.78. The first-order valence-corrected chi connectivity index (χ1v) is 8.26. The first kappa shape index (κ1) is 15.7. The number of nitro groups is 1. The van der Waals surface area contributed by atoms with Gasteiger partial charge in [0.1, 0.15) is 0 Å². The van der Waals surface area contributed by atoms with Crippen LogP contribution >= 0.6 is 0 Å². The van der Waals surface area contributed by atoms with Crippen LogP contribution < -0.4 is 10.0 Å². The Bertz CT molecular complexity index is 651. The van der Waals surface area contributed by atoms with E-state index in [4.69, 9.17) is 0 Å². The van der Waals surface area contributed by atoms with Crippen LogP contribution in [0.5, 0.6) is 0 Å². The second kappa shape index (κ2) is 5.61. The van der Waals surface area contributed by atoms with Crippen molar-refractivity contribution in [2.45, 2.75) is 43.0 Å². The van der Waals surface area contributed by atoms with Crippen LogP contribution in [-0.2, 0) is 10.0 Å². The zero-order valence-corrected chi connectivity index (χ0v) is 12.9. The molecule has 7 nitrogen and oxygen atoms in total. The highest BCUT2D eigenvalue weighted by molar-refractivity contribution is 7.89. The summed E-state index contributed by atoms with van der Waals surface area (Å²) in [5.74, 6) is 0. The lowest BCUT2D eigenvalue weighted by Crippen LogP contribution is -2.43. The molecular weight excluding hydrogens is 294 g/mol. The molecule has 0 bridgehead atoms. The molecule has 0 amide bonds. The topological polar surface area (TPSA) is 101 Å². The zero-order valence-electron chi connectivity index (χ0n) is 12.0. The molecule has 0 saturated heterocycles. The quantitative estimate of drug-likeness (QED) is 0.641. The lowest BCUT2D eigenvalue weighted by atomic mass is 10.0. The van der Waals surface area contributed by atoms with Crippen molar-refractivity contribution < 1.29 is 13.3 Å². The number of benzene rings is 1. The van der Waals surface area contributed by atoms with E-state index >= 15 is 0 Å². The standard InChI is InChI=1S/C13H19N3O4S/c1-13(7-3-4-8-13)15-21(19,20)12-9-10(14-2)5-6-11(12)16(17)18/h5-6,9,14-15H,3-4,7-8H2,1-2H3. The maximum atomic E-state index is 12.5. The highest BCUT2D eigenvalue weighted by Crippen LogP contribution is 2.33. The van der Waals surface area contributed by atoms with E-state index in [2.05, 4.69) is 10.0 Å². The lowest BCUT2D eigenvalue weighted by Gasteiger charge is -2.24. The number of hydrogen-bond acceptors (Lipinski definition) is 5. The van der Waals surface area contributed by atoms with Crippen molar-refractivity contribution in [3.63, 3.8) is 0 Å². The number of nitro benzene ring substituents is 1. The molecule has 1 aliphatic rings. The van der Waals surface area contributed by atoms with Gasteiger partial charge in [-0.15, -0.1) is 0 Å². The molecule has 0 aromatic heterocycles. The summed E-state index contributed by atoms with van der Waals surface area (Å²) in [5.41, 5.74) is -0.428. The summed E-state index contributed by atoms with van der Waals surface area (Å²) in [6.07, 6.45) is 3.40. The van der Waals surface area contributed by atoms with Gasteiger partial charge in [-0.1, -0.05) is 12.8 Å². The molecule has 2 rings (SSSR count). The lowest BCUT2D eigenvalue weighted by molar-refractivity contribution is -0.387. The van der Waals surface area contributed by atoms with E-state index in [9.17, 15) is 18.5 Å². The molecule has 1 fully saturated rings. The van der Waals surface area contributed by atoms with E-state index in [1.54, 1.807) is 7.05 Å². The van der Waals surface area contributed by atoms with Crippen LogP contribution in [0.1, 0.15) is 32.6 Å². The Morgan fingerprint density at radius 2 is 1.90 bits per heavy atom. The minimum absolute atomic E-state index is 0.299. The average Bonchev–Trinajstić information content (AvgIpc) is 2.83. The van der Waals surface area contributed by atoms with Crippen molar-refractivity contribution in [2.24, 2.45) is 0 Å². The molecule has 8 heteroatoms. The third-order valence-corrected chi connectivity index (χ3v) is 5.49. The van der Waals surface area contributed by atoms with Crippen molar-refractivity contribution in [1.29, 1.82) is 0 Å². The van der Waals surface area contributed by atoms with Gasteiger partial charge in [-0.25, -0.2) is 13.1 Å². The second-order valence-corrected chi connectivity index (χ2v) is 7.21. The molecule has 0 heterocycles. The summed E-state index contributed by atoms with van der Waals surface area (Å²) in [5, 5.41) is 13.9. The molecule has 0 radical (unpaired) electrons. The van der Waals surface area contributed by atoms with Gasteiger partial charge in [0, 0.05) is 24.3 Å². The fraction of sp³-hybridized carbons (Fsp3) is 0.538. The molecule has 116 valence electrons. The number of nitrogens with one attached hydrogen (secondary N) is 2. The molecule has 0 spiro atoms. The van der Waals surface area contributed by atoms with E-state index in [1.807, 2.05) is 6.92 Å². The van der Waals surface area contributed by atoms with Crippen molar-refractivity contribution >= 4 is 21.4 Å². The minimum atomic E-state index is -3.94. The van der Waals surface area contributed by atoms with E-state index in [0.717, 1.165) is 25.7 Å². The molecule has 1 aromatic carbocycles. The molecule has 0 atom stereocenters. The first-order chi connectivity index (χ1) is 9.77.